The van der Waals surface area contributed by atoms with Gasteiger partial charge in [-0.15, -0.1) is 0 Å². The number of carbonyl (C=O) groups excluding carboxylic acids is 3. The number of benzene rings is 1. The standard InChI is InChI=1S/C20H24N4O5/c1-14-4-5-16-15(13-14)19(26)22-8-11-24(20(27)17-6-7-23-29-17)10-2-3-18(25)21-9-12-28-16/h4-7,13H,2-3,8-12H2,1H3,(H,21,25)(H,22,26). The average molecular weight is 400 g/mol. The van der Waals surface area contributed by atoms with Gasteiger partial charge in [0, 0.05) is 32.1 Å². The molecule has 0 fully saturated rings. The number of rotatable bonds is 1. The SMILES string of the molecule is Cc1ccc2c(c1)C(=O)NCCN(C(=O)c1ccno1)CCCC(=O)NCCO2. The monoisotopic (exact) mass is 400 g/mol. The number of nitrogens with one attached hydrogen (secondary N) is 2. The van der Waals surface area contributed by atoms with Gasteiger partial charge in [-0.3, -0.25) is 14.4 Å². The van der Waals surface area contributed by atoms with Gasteiger partial charge in [0.25, 0.3) is 11.8 Å². The van der Waals surface area contributed by atoms with Crippen molar-refractivity contribution in [3.8, 4) is 5.75 Å². The zero-order valence-electron chi connectivity index (χ0n) is 16.3. The molecular formula is C20H24N4O5. The fourth-order valence-electron chi connectivity index (χ4n) is 3.01. The molecule has 0 saturated carbocycles. The molecule has 0 unspecified atom stereocenters. The summed E-state index contributed by atoms with van der Waals surface area (Å²) in [5, 5.41) is 9.17. The number of amides is 3. The van der Waals surface area contributed by atoms with Crippen LogP contribution in [0.3, 0.4) is 0 Å². The largest absolute Gasteiger partial charge is 0.491 e. The van der Waals surface area contributed by atoms with E-state index in [0.29, 0.717) is 30.8 Å². The van der Waals surface area contributed by atoms with Crippen molar-refractivity contribution in [2.24, 2.45) is 0 Å². The normalized spacial score (nSPS) is 16.5. The summed E-state index contributed by atoms with van der Waals surface area (Å²) in [5.41, 5.74) is 1.34. The third kappa shape index (κ3) is 5.56. The second kappa shape index (κ2) is 9.72. The molecule has 1 aliphatic rings. The Labute approximate surface area is 168 Å². The van der Waals surface area contributed by atoms with E-state index in [-0.39, 0.29) is 49.6 Å². The van der Waals surface area contributed by atoms with E-state index in [9.17, 15) is 14.4 Å². The van der Waals surface area contributed by atoms with Crippen LogP contribution in [0.4, 0.5) is 0 Å². The Kier molecular flexibility index (Phi) is 6.83. The van der Waals surface area contributed by atoms with Gasteiger partial charge in [0.1, 0.15) is 12.4 Å². The number of hydrogen-bond donors (Lipinski definition) is 2. The summed E-state index contributed by atoms with van der Waals surface area (Å²) in [7, 11) is 0. The highest BCUT2D eigenvalue weighted by Gasteiger charge is 2.20. The van der Waals surface area contributed by atoms with Gasteiger partial charge in [0.15, 0.2) is 0 Å². The zero-order valence-corrected chi connectivity index (χ0v) is 16.3. The Morgan fingerprint density at radius 1 is 1.14 bits per heavy atom. The summed E-state index contributed by atoms with van der Waals surface area (Å²) in [6.07, 6.45) is 2.16. The molecule has 9 heteroatoms. The molecule has 2 aromatic rings. The first-order chi connectivity index (χ1) is 14.0. The minimum absolute atomic E-state index is 0.117. The third-order valence-corrected chi connectivity index (χ3v) is 4.50. The van der Waals surface area contributed by atoms with Crippen LogP contribution in [0.25, 0.3) is 0 Å². The van der Waals surface area contributed by atoms with Crippen molar-refractivity contribution < 1.29 is 23.6 Å². The van der Waals surface area contributed by atoms with Crippen LogP contribution in [0.15, 0.2) is 35.0 Å². The Morgan fingerprint density at radius 3 is 2.79 bits per heavy atom. The second-order valence-electron chi connectivity index (χ2n) is 6.73. The summed E-state index contributed by atoms with van der Waals surface area (Å²) in [6.45, 7) is 3.35. The number of hydrogen-bond acceptors (Lipinski definition) is 6. The first-order valence-electron chi connectivity index (χ1n) is 9.53. The van der Waals surface area contributed by atoms with E-state index in [2.05, 4.69) is 15.8 Å². The Morgan fingerprint density at radius 2 is 2.00 bits per heavy atom. The van der Waals surface area contributed by atoms with Crippen LogP contribution in [0.1, 0.15) is 39.3 Å². The number of carbonyl (C=O) groups is 3. The lowest BCUT2D eigenvalue weighted by atomic mass is 10.1. The molecule has 0 saturated heterocycles. The number of nitrogens with zero attached hydrogens (tertiary/aromatic N) is 2. The molecular weight excluding hydrogens is 376 g/mol. The molecule has 2 heterocycles. The molecule has 3 rings (SSSR count). The summed E-state index contributed by atoms with van der Waals surface area (Å²) in [6, 6.07) is 6.83. The molecule has 1 aliphatic heterocycles. The van der Waals surface area contributed by atoms with E-state index < -0.39 is 0 Å². The molecule has 154 valence electrons. The molecule has 0 radical (unpaired) electrons. The zero-order chi connectivity index (χ0) is 20.6. The molecule has 0 spiro atoms. The molecule has 0 atom stereocenters. The van der Waals surface area contributed by atoms with Gasteiger partial charge in [-0.1, -0.05) is 16.8 Å². The van der Waals surface area contributed by atoms with Gasteiger partial charge < -0.3 is 24.8 Å². The van der Waals surface area contributed by atoms with Gasteiger partial charge in [-0.2, -0.15) is 0 Å². The number of ether oxygens (including phenoxy) is 1. The molecule has 1 aromatic carbocycles. The van der Waals surface area contributed by atoms with Crippen molar-refractivity contribution in [1.82, 2.24) is 20.7 Å². The van der Waals surface area contributed by atoms with Crippen LogP contribution in [0.5, 0.6) is 5.75 Å². The van der Waals surface area contributed by atoms with Gasteiger partial charge in [0.05, 0.1) is 18.3 Å². The van der Waals surface area contributed by atoms with Crippen molar-refractivity contribution in [3.05, 3.63) is 47.3 Å². The molecule has 3 amide bonds. The van der Waals surface area contributed by atoms with E-state index in [1.54, 1.807) is 17.0 Å². The summed E-state index contributed by atoms with van der Waals surface area (Å²) >= 11 is 0. The Balaban J connectivity index is 1.76. The lowest BCUT2D eigenvalue weighted by Gasteiger charge is -2.21. The van der Waals surface area contributed by atoms with Gasteiger partial charge in [-0.25, -0.2) is 0 Å². The maximum atomic E-state index is 12.7. The first-order valence-corrected chi connectivity index (χ1v) is 9.53. The smallest absolute Gasteiger partial charge is 0.292 e. The molecule has 29 heavy (non-hydrogen) atoms. The van der Waals surface area contributed by atoms with E-state index in [0.717, 1.165) is 5.56 Å². The highest BCUT2D eigenvalue weighted by molar-refractivity contribution is 5.97. The highest BCUT2D eigenvalue weighted by Crippen LogP contribution is 2.20. The predicted molar refractivity (Wildman–Crippen MR) is 104 cm³/mol. The number of aromatic nitrogens is 1. The predicted octanol–water partition coefficient (Wildman–Crippen LogP) is 1.14. The van der Waals surface area contributed by atoms with Crippen molar-refractivity contribution in [1.29, 1.82) is 0 Å². The van der Waals surface area contributed by atoms with E-state index >= 15 is 0 Å². The van der Waals surface area contributed by atoms with Crippen LogP contribution < -0.4 is 15.4 Å². The average Bonchev–Trinajstić information content (AvgIpc) is 3.24. The van der Waals surface area contributed by atoms with E-state index in [4.69, 9.17) is 9.26 Å². The molecule has 0 aliphatic carbocycles. The van der Waals surface area contributed by atoms with Gasteiger partial charge >= 0.3 is 0 Å². The van der Waals surface area contributed by atoms with Crippen molar-refractivity contribution in [3.63, 3.8) is 0 Å². The lowest BCUT2D eigenvalue weighted by Crippen LogP contribution is -2.39. The highest BCUT2D eigenvalue weighted by atomic mass is 16.5. The third-order valence-electron chi connectivity index (χ3n) is 4.50. The summed E-state index contributed by atoms with van der Waals surface area (Å²) < 4.78 is 10.6. The Bertz CT molecular complexity index is 866. The minimum atomic E-state index is -0.332. The second-order valence-corrected chi connectivity index (χ2v) is 6.73. The van der Waals surface area contributed by atoms with E-state index in [1.165, 1.54) is 12.3 Å². The van der Waals surface area contributed by atoms with Crippen LogP contribution in [-0.4, -0.2) is 60.6 Å². The fourth-order valence-corrected chi connectivity index (χ4v) is 3.01. The maximum Gasteiger partial charge on any atom is 0.292 e. The van der Waals surface area contributed by atoms with Crippen LogP contribution in [-0.2, 0) is 4.79 Å². The van der Waals surface area contributed by atoms with Crippen LogP contribution >= 0.6 is 0 Å². The topological polar surface area (TPSA) is 114 Å². The quantitative estimate of drug-likeness (QED) is 0.742. The van der Waals surface area contributed by atoms with Gasteiger partial charge in [-0.05, 0) is 25.5 Å². The van der Waals surface area contributed by atoms with Crippen LogP contribution in [0.2, 0.25) is 0 Å². The Hall–Kier alpha value is -3.36. The van der Waals surface area contributed by atoms with Gasteiger partial charge in [0.2, 0.25) is 11.7 Å². The molecule has 2 N–H and O–H groups in total. The molecule has 9 nitrogen and oxygen atoms in total. The van der Waals surface area contributed by atoms with E-state index in [1.807, 2.05) is 13.0 Å². The summed E-state index contributed by atoms with van der Waals surface area (Å²) in [5.74, 6) is -0.163. The molecule has 0 bridgehead atoms. The lowest BCUT2D eigenvalue weighted by molar-refractivity contribution is -0.121. The van der Waals surface area contributed by atoms with Crippen LogP contribution in [0, 0.1) is 6.92 Å². The first kappa shape index (κ1) is 20.4. The molecule has 1 aromatic heterocycles. The van der Waals surface area contributed by atoms with Crippen molar-refractivity contribution >= 4 is 17.7 Å². The minimum Gasteiger partial charge on any atom is -0.491 e. The van der Waals surface area contributed by atoms with Crippen molar-refractivity contribution in [2.75, 3.05) is 32.8 Å². The fraction of sp³-hybridized carbons (Fsp3) is 0.400. The number of aryl methyl sites for hydroxylation is 1. The van der Waals surface area contributed by atoms with Crippen molar-refractivity contribution in [2.45, 2.75) is 19.8 Å². The maximum absolute atomic E-state index is 12.7. The number of fused-ring (bicyclic) bond motifs is 1. The summed E-state index contributed by atoms with van der Waals surface area (Å²) in [4.78, 5) is 38.8.